The lowest BCUT2D eigenvalue weighted by Gasteiger charge is -2.33. The van der Waals surface area contributed by atoms with E-state index in [4.69, 9.17) is 8.83 Å². The molecule has 7 nitrogen and oxygen atoms in total. The van der Waals surface area contributed by atoms with Gasteiger partial charge in [-0.25, -0.2) is 4.98 Å². The van der Waals surface area contributed by atoms with Gasteiger partial charge in [-0.3, -0.25) is 4.79 Å². The maximum absolute atomic E-state index is 12.3. The Bertz CT molecular complexity index is 819. The third-order valence-electron chi connectivity index (χ3n) is 4.47. The van der Waals surface area contributed by atoms with Crippen LogP contribution in [0.4, 0.5) is 5.88 Å². The fourth-order valence-corrected chi connectivity index (χ4v) is 2.90. The van der Waals surface area contributed by atoms with Gasteiger partial charge in [0.15, 0.2) is 0 Å². The SMILES string of the molecule is N#Cc1nc(C2CC2)oc1N1CCN(C(=O)C=Cc2ccco2)CC1. The Morgan fingerprint density at radius 1 is 1.32 bits per heavy atom. The molecule has 1 aliphatic heterocycles. The molecule has 0 atom stereocenters. The van der Waals surface area contributed by atoms with E-state index in [9.17, 15) is 10.1 Å². The lowest BCUT2D eigenvalue weighted by atomic mass is 10.3. The molecule has 4 rings (SSSR count). The monoisotopic (exact) mass is 338 g/mol. The van der Waals surface area contributed by atoms with Gasteiger partial charge in [-0.15, -0.1) is 0 Å². The largest absolute Gasteiger partial charge is 0.465 e. The molecule has 1 saturated heterocycles. The Kier molecular flexibility index (Phi) is 4.02. The zero-order chi connectivity index (χ0) is 17.2. The van der Waals surface area contributed by atoms with E-state index in [1.165, 1.54) is 6.08 Å². The van der Waals surface area contributed by atoms with Crippen molar-refractivity contribution in [3.05, 3.63) is 41.8 Å². The van der Waals surface area contributed by atoms with Gasteiger partial charge < -0.3 is 18.6 Å². The minimum absolute atomic E-state index is 0.0483. The molecule has 0 spiro atoms. The topological polar surface area (TPSA) is 86.5 Å². The van der Waals surface area contributed by atoms with Crippen LogP contribution in [0, 0.1) is 11.3 Å². The first-order valence-corrected chi connectivity index (χ1v) is 8.41. The summed E-state index contributed by atoms with van der Waals surface area (Å²) in [5, 5.41) is 9.28. The number of amides is 1. The van der Waals surface area contributed by atoms with E-state index in [1.807, 2.05) is 4.90 Å². The van der Waals surface area contributed by atoms with Crippen LogP contribution < -0.4 is 4.90 Å². The first-order valence-electron chi connectivity index (χ1n) is 8.41. The summed E-state index contributed by atoms with van der Waals surface area (Å²) in [6, 6.07) is 5.70. The van der Waals surface area contributed by atoms with Crippen molar-refractivity contribution < 1.29 is 13.6 Å². The third kappa shape index (κ3) is 3.29. The quantitative estimate of drug-likeness (QED) is 0.796. The van der Waals surface area contributed by atoms with Gasteiger partial charge in [-0.05, 0) is 31.1 Å². The number of carbonyl (C=O) groups is 1. The zero-order valence-corrected chi connectivity index (χ0v) is 13.7. The maximum atomic E-state index is 12.3. The van der Waals surface area contributed by atoms with Crippen molar-refractivity contribution in [1.82, 2.24) is 9.88 Å². The van der Waals surface area contributed by atoms with Crippen LogP contribution in [0.25, 0.3) is 6.08 Å². The van der Waals surface area contributed by atoms with Crippen molar-refractivity contribution in [3.63, 3.8) is 0 Å². The molecule has 128 valence electrons. The number of nitrogens with zero attached hydrogens (tertiary/aromatic N) is 4. The zero-order valence-electron chi connectivity index (χ0n) is 13.7. The molecule has 7 heteroatoms. The number of furan rings is 1. The van der Waals surface area contributed by atoms with E-state index in [-0.39, 0.29) is 5.91 Å². The fraction of sp³-hybridized carbons (Fsp3) is 0.389. The van der Waals surface area contributed by atoms with Crippen LogP contribution in [-0.4, -0.2) is 42.0 Å². The summed E-state index contributed by atoms with van der Waals surface area (Å²) in [6.07, 6.45) is 6.92. The van der Waals surface area contributed by atoms with Gasteiger partial charge in [0, 0.05) is 38.2 Å². The number of anilines is 1. The van der Waals surface area contributed by atoms with Gasteiger partial charge in [0.2, 0.25) is 23.4 Å². The molecule has 1 amide bonds. The van der Waals surface area contributed by atoms with Gasteiger partial charge >= 0.3 is 0 Å². The third-order valence-corrected chi connectivity index (χ3v) is 4.47. The van der Waals surface area contributed by atoms with Gasteiger partial charge in [-0.1, -0.05) is 0 Å². The highest BCUT2D eigenvalue weighted by Gasteiger charge is 2.32. The summed E-state index contributed by atoms with van der Waals surface area (Å²) in [7, 11) is 0. The van der Waals surface area contributed by atoms with Crippen molar-refractivity contribution in [2.24, 2.45) is 0 Å². The second kappa shape index (κ2) is 6.48. The molecule has 1 saturated carbocycles. The summed E-state index contributed by atoms with van der Waals surface area (Å²) in [4.78, 5) is 20.3. The number of rotatable bonds is 4. The molecule has 2 fully saturated rings. The van der Waals surface area contributed by atoms with Crippen LogP contribution in [-0.2, 0) is 4.79 Å². The molecule has 0 unspecified atom stereocenters. The second-order valence-electron chi connectivity index (χ2n) is 6.25. The minimum Gasteiger partial charge on any atom is -0.465 e. The van der Waals surface area contributed by atoms with Crippen LogP contribution in [0.1, 0.15) is 36.1 Å². The van der Waals surface area contributed by atoms with Crippen molar-refractivity contribution in [1.29, 1.82) is 5.26 Å². The predicted octanol–water partition coefficient (Wildman–Crippen LogP) is 2.38. The Morgan fingerprint density at radius 2 is 2.12 bits per heavy atom. The Hall–Kier alpha value is -3.01. The van der Waals surface area contributed by atoms with E-state index in [2.05, 4.69) is 11.1 Å². The average molecular weight is 338 g/mol. The van der Waals surface area contributed by atoms with E-state index in [1.54, 1.807) is 29.4 Å². The summed E-state index contributed by atoms with van der Waals surface area (Å²) < 4.78 is 11.0. The number of hydrogen-bond donors (Lipinski definition) is 0. The molecule has 25 heavy (non-hydrogen) atoms. The van der Waals surface area contributed by atoms with Crippen LogP contribution >= 0.6 is 0 Å². The molecular formula is C18H18N4O3. The number of aromatic nitrogens is 1. The molecule has 2 aliphatic rings. The molecule has 0 N–H and O–H groups in total. The molecule has 0 radical (unpaired) electrons. The summed E-state index contributed by atoms with van der Waals surface area (Å²) in [6.45, 7) is 2.39. The van der Waals surface area contributed by atoms with Crippen molar-refractivity contribution in [2.75, 3.05) is 31.1 Å². The summed E-state index contributed by atoms with van der Waals surface area (Å²) >= 11 is 0. The molecular weight excluding hydrogens is 320 g/mol. The van der Waals surface area contributed by atoms with Crippen LogP contribution in [0.15, 0.2) is 33.3 Å². The van der Waals surface area contributed by atoms with E-state index >= 15 is 0 Å². The van der Waals surface area contributed by atoms with E-state index in [0.717, 1.165) is 12.8 Å². The molecule has 3 heterocycles. The highest BCUT2D eigenvalue weighted by atomic mass is 16.4. The average Bonchev–Trinajstić information content (AvgIpc) is 3.20. The van der Waals surface area contributed by atoms with Crippen LogP contribution in [0.2, 0.25) is 0 Å². The first kappa shape index (κ1) is 15.5. The van der Waals surface area contributed by atoms with E-state index < -0.39 is 0 Å². The maximum Gasteiger partial charge on any atom is 0.246 e. The number of piperazine rings is 1. The van der Waals surface area contributed by atoms with Crippen LogP contribution in [0.3, 0.4) is 0 Å². The minimum atomic E-state index is -0.0483. The van der Waals surface area contributed by atoms with Crippen molar-refractivity contribution >= 4 is 17.9 Å². The Morgan fingerprint density at radius 3 is 2.76 bits per heavy atom. The first-order chi connectivity index (χ1) is 12.2. The Balaban J connectivity index is 1.38. The summed E-state index contributed by atoms with van der Waals surface area (Å²) in [5.41, 5.74) is 0.347. The van der Waals surface area contributed by atoms with Gasteiger partial charge in [0.1, 0.15) is 11.8 Å². The van der Waals surface area contributed by atoms with Crippen molar-refractivity contribution in [2.45, 2.75) is 18.8 Å². The highest BCUT2D eigenvalue weighted by molar-refractivity contribution is 5.91. The standard InChI is InChI=1S/C18H18N4O3/c19-12-15-18(25-17(20-15)13-3-4-13)22-9-7-21(8-10-22)16(23)6-5-14-2-1-11-24-14/h1-2,5-6,11,13H,3-4,7-10H2. The van der Waals surface area contributed by atoms with Gasteiger partial charge in [-0.2, -0.15) is 5.26 Å². The van der Waals surface area contributed by atoms with Crippen LogP contribution in [0.5, 0.6) is 0 Å². The molecule has 1 aliphatic carbocycles. The fourth-order valence-electron chi connectivity index (χ4n) is 2.90. The predicted molar refractivity (Wildman–Crippen MR) is 89.7 cm³/mol. The van der Waals surface area contributed by atoms with Gasteiger partial charge in [0.05, 0.1) is 6.26 Å². The number of nitriles is 1. The number of oxazole rings is 1. The normalized spacial score (nSPS) is 17.9. The second-order valence-corrected chi connectivity index (χ2v) is 6.25. The lowest BCUT2D eigenvalue weighted by molar-refractivity contribution is -0.126. The molecule has 0 aromatic carbocycles. The molecule has 2 aromatic rings. The van der Waals surface area contributed by atoms with Crippen molar-refractivity contribution in [3.8, 4) is 6.07 Å². The summed E-state index contributed by atoms with van der Waals surface area (Å²) in [5.74, 6) is 2.19. The lowest BCUT2D eigenvalue weighted by Crippen LogP contribution is -2.48. The van der Waals surface area contributed by atoms with Gasteiger partial charge in [0.25, 0.3) is 0 Å². The molecule has 0 bridgehead atoms. The van der Waals surface area contributed by atoms with E-state index in [0.29, 0.717) is 55.3 Å². The number of hydrogen-bond acceptors (Lipinski definition) is 6. The highest BCUT2D eigenvalue weighted by Crippen LogP contribution is 2.41. The Labute approximate surface area is 145 Å². The number of carbonyl (C=O) groups excluding carboxylic acids is 1. The smallest absolute Gasteiger partial charge is 0.246 e. The molecule has 2 aromatic heterocycles.